The Morgan fingerprint density at radius 2 is 0.492 bits per heavy atom. The van der Waals surface area contributed by atoms with Gasteiger partial charge in [0.2, 0.25) is 47.6 Å². The third-order valence-electron chi connectivity index (χ3n) is 8.94. The summed E-state index contributed by atoms with van der Waals surface area (Å²) in [7, 11) is 0. The molecule has 0 aliphatic carbocycles. The molecule has 0 fully saturated rings. The van der Waals surface area contributed by atoms with E-state index < -0.39 is 0 Å². The molecule has 4 heterocycles. The molecule has 59 heavy (non-hydrogen) atoms. The van der Waals surface area contributed by atoms with Crippen molar-refractivity contribution in [2.75, 3.05) is 85.1 Å². The van der Waals surface area contributed by atoms with Crippen molar-refractivity contribution in [3.05, 3.63) is 23.3 Å². The summed E-state index contributed by atoms with van der Waals surface area (Å²) in [4.78, 5) is 53.2. The van der Waals surface area contributed by atoms with Crippen molar-refractivity contribution in [3.8, 4) is 0 Å². The molecule has 0 saturated carbocycles. The van der Waals surface area contributed by atoms with Gasteiger partial charge in [-0.25, -0.2) is 0 Å². The lowest BCUT2D eigenvalue weighted by atomic mass is 10.1. The summed E-state index contributed by atoms with van der Waals surface area (Å²) in [5.74, 6) is 2.50. The van der Waals surface area contributed by atoms with Gasteiger partial charge in [-0.1, -0.05) is 51.4 Å². The fraction of sp³-hybridized carbons (Fsp3) is 0.647. The van der Waals surface area contributed by atoms with Crippen molar-refractivity contribution in [1.29, 1.82) is 0 Å². The maximum Gasteiger partial charge on any atom is 0.225 e. The second-order valence-electron chi connectivity index (χ2n) is 14.0. The molecular formula is C34H63ClN24. The molecule has 0 unspecified atom stereocenters. The summed E-state index contributed by atoms with van der Waals surface area (Å²) in [6.45, 7) is 6.75. The van der Waals surface area contributed by atoms with Crippen molar-refractivity contribution >= 4 is 60.0 Å². The first-order chi connectivity index (χ1) is 28.0. The van der Waals surface area contributed by atoms with Crippen molar-refractivity contribution in [3.63, 3.8) is 0 Å². The smallest absolute Gasteiger partial charge is 0.225 e. The van der Waals surface area contributed by atoms with Crippen LogP contribution < -0.4 is 56.5 Å². The Balaban J connectivity index is 0.00000930. The Hall–Kier alpha value is -5.43. The second kappa shape index (κ2) is 26.5. The lowest BCUT2D eigenvalue weighted by Gasteiger charge is -2.21. The van der Waals surface area contributed by atoms with E-state index in [1.54, 1.807) is 0 Å². The van der Waals surface area contributed by atoms with Crippen molar-refractivity contribution in [2.24, 2.45) is 0 Å². The molecular weight excluding hydrogens is 780 g/mol. The second-order valence-corrected chi connectivity index (χ2v) is 14.0. The molecule has 25 heteroatoms. The molecule has 4 aromatic rings. The molecule has 4 aromatic heterocycles. The minimum atomic E-state index is 0. The van der Waals surface area contributed by atoms with Gasteiger partial charge in [0, 0.05) is 13.1 Å². The Morgan fingerprint density at radius 3 is 0.729 bits per heavy atom. The fourth-order valence-corrected chi connectivity index (χ4v) is 6.36. The van der Waals surface area contributed by atoms with Gasteiger partial charge in [-0.15, -0.1) is 12.4 Å². The molecule has 18 N–H and O–H groups in total. The van der Waals surface area contributed by atoms with Gasteiger partial charge >= 0.3 is 0 Å². The molecule has 0 aliphatic heterocycles. The Kier molecular flexibility index (Phi) is 21.6. The predicted molar refractivity (Wildman–Crippen MR) is 231 cm³/mol. The first kappa shape index (κ1) is 47.9. The number of nitrogens with one attached hydrogen (secondary N) is 2. The van der Waals surface area contributed by atoms with Crippen LogP contribution in [0.15, 0.2) is 0 Å². The number of hydrogen-bond acceptors (Lipinski definition) is 24. The summed E-state index contributed by atoms with van der Waals surface area (Å²) >= 11 is 0. The number of aromatic nitrogens is 12. The zero-order chi connectivity index (χ0) is 41.5. The number of halogens is 1. The maximum absolute atomic E-state index is 5.77. The number of anilines is 8. The van der Waals surface area contributed by atoms with Crippen LogP contribution in [0.5, 0.6) is 0 Å². The SMILES string of the molecule is Cl.Nc1nc(N)nc(CN(CCCNCCCCCCCCCCCCNCCCN(Cc2nc(N)nc(N)n2)Cc2nc(N)nc(N)n2)Cc2nc(N)nc(N)n2)n1. The minimum Gasteiger partial charge on any atom is -0.368 e. The largest absolute Gasteiger partial charge is 0.368 e. The molecule has 0 radical (unpaired) electrons. The number of unbranched alkanes of at least 4 members (excludes halogenated alkanes) is 9. The molecule has 24 nitrogen and oxygen atoms in total. The van der Waals surface area contributed by atoms with Crippen LogP contribution in [0, 0.1) is 0 Å². The van der Waals surface area contributed by atoms with Crippen LogP contribution >= 0.6 is 12.4 Å². The molecule has 0 atom stereocenters. The molecule has 0 amide bonds. The normalized spacial score (nSPS) is 11.4. The standard InChI is InChI=1S/C34H62N24.ClH/c35-27-45-23(46-28(36)53-27)19-57(20-24-47-29(37)54-30(38)48-24)17-11-15-43-13-9-7-5-3-1-2-4-6-8-10-14-44-16-12-18-58(21-25-49-31(39)55-32(40)50-25)22-26-51-33(41)56-34(42)52-26;/h43-44H,1-22H2,(H4,35,36,45,46,53)(H4,37,38,47,48,54)(H4,39,40,49,50,55)(H4,41,42,51,52,56);1H. The molecule has 0 aliphatic rings. The first-order valence-corrected chi connectivity index (χ1v) is 19.9. The highest BCUT2D eigenvalue weighted by Gasteiger charge is 2.15. The zero-order valence-electron chi connectivity index (χ0n) is 33.8. The number of nitrogens with two attached hydrogens (primary N) is 8. The fourth-order valence-electron chi connectivity index (χ4n) is 6.36. The van der Waals surface area contributed by atoms with Gasteiger partial charge in [-0.3, -0.25) is 9.80 Å². The zero-order valence-corrected chi connectivity index (χ0v) is 34.7. The van der Waals surface area contributed by atoms with Gasteiger partial charge in [0.05, 0.1) is 26.2 Å². The van der Waals surface area contributed by atoms with Gasteiger partial charge in [0.15, 0.2) is 0 Å². The first-order valence-electron chi connectivity index (χ1n) is 19.9. The molecule has 0 spiro atoms. The van der Waals surface area contributed by atoms with E-state index in [0.717, 1.165) is 65.0 Å². The average Bonchev–Trinajstić information content (AvgIpc) is 3.12. The molecule has 0 aromatic carbocycles. The number of nitrogen functional groups attached to an aromatic ring is 8. The van der Waals surface area contributed by atoms with Crippen LogP contribution in [-0.4, -0.2) is 109 Å². The van der Waals surface area contributed by atoms with Gasteiger partial charge in [-0.05, 0) is 51.9 Å². The highest BCUT2D eigenvalue weighted by molar-refractivity contribution is 5.85. The third kappa shape index (κ3) is 20.2. The quantitative estimate of drug-likeness (QED) is 0.0323. The summed E-state index contributed by atoms with van der Waals surface area (Å²) in [5.41, 5.74) is 46.1. The van der Waals surface area contributed by atoms with Crippen molar-refractivity contribution < 1.29 is 0 Å². The monoisotopic (exact) mass is 843 g/mol. The van der Waals surface area contributed by atoms with E-state index in [1.807, 2.05) is 0 Å². The summed E-state index contributed by atoms with van der Waals surface area (Å²) in [6, 6.07) is 0. The number of nitrogens with zero attached hydrogens (tertiary/aromatic N) is 14. The van der Waals surface area contributed by atoms with Crippen LogP contribution in [0.25, 0.3) is 0 Å². The molecule has 0 bridgehead atoms. The Bertz CT molecular complexity index is 1480. The van der Waals surface area contributed by atoms with E-state index in [-0.39, 0.29) is 60.0 Å². The molecule has 4 rings (SSSR count). The van der Waals surface area contributed by atoms with Crippen LogP contribution in [0.4, 0.5) is 47.6 Å². The lowest BCUT2D eigenvalue weighted by molar-refractivity contribution is 0.240. The summed E-state index contributed by atoms with van der Waals surface area (Å²) < 4.78 is 0. The van der Waals surface area contributed by atoms with E-state index >= 15 is 0 Å². The topological polar surface area (TPSA) is 393 Å². The number of hydrogen-bond donors (Lipinski definition) is 10. The highest BCUT2D eigenvalue weighted by atomic mass is 35.5. The van der Waals surface area contributed by atoms with Crippen molar-refractivity contribution in [2.45, 2.75) is 103 Å². The van der Waals surface area contributed by atoms with E-state index in [2.05, 4.69) is 80.2 Å². The lowest BCUT2D eigenvalue weighted by Crippen LogP contribution is -2.29. The highest BCUT2D eigenvalue weighted by Crippen LogP contribution is 2.13. The summed E-state index contributed by atoms with van der Waals surface area (Å²) in [6.07, 6.45) is 14.3. The van der Waals surface area contributed by atoms with Gasteiger partial charge < -0.3 is 56.5 Å². The van der Waals surface area contributed by atoms with E-state index in [1.165, 1.54) is 51.4 Å². The predicted octanol–water partition coefficient (Wildman–Crippen LogP) is 0.0710. The van der Waals surface area contributed by atoms with Gasteiger partial charge in [-0.2, -0.15) is 59.8 Å². The minimum absolute atomic E-state index is 0. The van der Waals surface area contributed by atoms with Crippen LogP contribution in [0.2, 0.25) is 0 Å². The van der Waals surface area contributed by atoms with E-state index in [9.17, 15) is 0 Å². The molecule has 0 saturated heterocycles. The average molecular weight is 843 g/mol. The van der Waals surface area contributed by atoms with E-state index in [0.29, 0.717) is 49.5 Å². The molecule has 326 valence electrons. The van der Waals surface area contributed by atoms with Crippen LogP contribution in [0.3, 0.4) is 0 Å². The van der Waals surface area contributed by atoms with Crippen LogP contribution in [0.1, 0.15) is 100 Å². The van der Waals surface area contributed by atoms with Gasteiger partial charge in [0.25, 0.3) is 0 Å². The van der Waals surface area contributed by atoms with Gasteiger partial charge in [0.1, 0.15) is 23.3 Å². The number of rotatable bonds is 29. The summed E-state index contributed by atoms with van der Waals surface area (Å²) in [5, 5.41) is 7.11. The van der Waals surface area contributed by atoms with Crippen molar-refractivity contribution in [1.82, 2.24) is 80.2 Å². The Labute approximate surface area is 351 Å². The van der Waals surface area contributed by atoms with Crippen LogP contribution in [-0.2, 0) is 26.2 Å². The third-order valence-corrected chi connectivity index (χ3v) is 8.94. The Morgan fingerprint density at radius 1 is 0.288 bits per heavy atom. The maximum atomic E-state index is 5.77. The van der Waals surface area contributed by atoms with E-state index in [4.69, 9.17) is 45.9 Å².